The molecule has 0 aromatic heterocycles. The third kappa shape index (κ3) is 2.47. The fraction of sp³-hybridized carbons (Fsp3) is 0.125. The van der Waals surface area contributed by atoms with E-state index in [1.807, 2.05) is 0 Å². The van der Waals surface area contributed by atoms with E-state index >= 15 is 0 Å². The van der Waals surface area contributed by atoms with Gasteiger partial charge in [-0.05, 0) is 12.1 Å². The third-order valence-corrected chi connectivity index (χ3v) is 2.57. The van der Waals surface area contributed by atoms with E-state index in [4.69, 9.17) is 5.11 Å². The summed E-state index contributed by atoms with van der Waals surface area (Å²) in [6, 6.07) is 8.56. The third-order valence-electron chi connectivity index (χ3n) is 1.26. The second kappa shape index (κ2) is 4.01. The number of benzene rings is 1. The van der Waals surface area contributed by atoms with Crippen molar-refractivity contribution in [2.75, 3.05) is 5.75 Å². The van der Waals surface area contributed by atoms with Crippen LogP contribution in [0.5, 0.6) is 0 Å². The molecule has 1 atom stereocenters. The van der Waals surface area contributed by atoms with Crippen LogP contribution >= 0.6 is 0 Å². The van der Waals surface area contributed by atoms with E-state index in [0.717, 1.165) is 0 Å². The maximum Gasteiger partial charge on any atom is 0.316 e. The van der Waals surface area contributed by atoms with Crippen LogP contribution in [0.25, 0.3) is 0 Å². The van der Waals surface area contributed by atoms with Crippen LogP contribution in [0, 0.1) is 0 Å². The van der Waals surface area contributed by atoms with Gasteiger partial charge >= 0.3 is 5.97 Å². The molecule has 0 aliphatic heterocycles. The van der Waals surface area contributed by atoms with Crippen LogP contribution in [0.4, 0.5) is 0 Å². The zero-order valence-corrected chi connectivity index (χ0v) is 7.08. The average Bonchev–Trinajstić information content (AvgIpc) is 2.05. The molecule has 0 fully saturated rings. The molecule has 0 radical (unpaired) electrons. The molecule has 0 amide bonds. The Bertz CT molecular complexity index is 294. The molecule has 1 aromatic carbocycles. The van der Waals surface area contributed by atoms with Gasteiger partial charge in [0.05, 0.1) is 10.8 Å². The smallest absolute Gasteiger partial charge is 0.316 e. The summed E-state index contributed by atoms with van der Waals surface area (Å²) < 4.78 is 11.2. The summed E-state index contributed by atoms with van der Waals surface area (Å²) in [6.45, 7) is 0. The highest BCUT2D eigenvalue weighted by molar-refractivity contribution is 7.85. The molecule has 12 heavy (non-hydrogen) atoms. The maximum absolute atomic E-state index is 11.2. The number of carboxylic acid groups (broad SMARTS) is 1. The van der Waals surface area contributed by atoms with Crippen molar-refractivity contribution < 1.29 is 14.1 Å². The van der Waals surface area contributed by atoms with Crippen LogP contribution in [0.15, 0.2) is 35.2 Å². The van der Waals surface area contributed by atoms with E-state index in [9.17, 15) is 9.00 Å². The minimum absolute atomic E-state index is 0.329. The molecule has 1 N–H and O–H groups in total. The number of hydrogen-bond acceptors (Lipinski definition) is 2. The minimum Gasteiger partial charge on any atom is -0.481 e. The standard InChI is InChI=1S/C8H8O3S/c9-8(10)6-12(11)7-4-2-1-3-5-7/h1-5H,6H2,(H,9,10)/t12-/m0/s1. The highest BCUT2D eigenvalue weighted by Gasteiger charge is 2.06. The van der Waals surface area contributed by atoms with Crippen molar-refractivity contribution >= 4 is 16.8 Å². The van der Waals surface area contributed by atoms with Crippen molar-refractivity contribution in [3.63, 3.8) is 0 Å². The zero-order chi connectivity index (χ0) is 8.97. The number of carboxylic acids is 1. The first-order valence-electron chi connectivity index (χ1n) is 3.35. The highest BCUT2D eigenvalue weighted by atomic mass is 32.2. The fourth-order valence-electron chi connectivity index (χ4n) is 0.768. The fourth-order valence-corrected chi connectivity index (χ4v) is 1.62. The Labute approximate surface area is 72.5 Å². The molecule has 0 aliphatic rings. The second-order valence-electron chi connectivity index (χ2n) is 2.20. The highest BCUT2D eigenvalue weighted by Crippen LogP contribution is 2.04. The quantitative estimate of drug-likeness (QED) is 0.758. The van der Waals surface area contributed by atoms with Crippen LogP contribution in [0.1, 0.15) is 0 Å². The lowest BCUT2D eigenvalue weighted by atomic mass is 10.4. The van der Waals surface area contributed by atoms with Gasteiger partial charge < -0.3 is 5.11 Å². The van der Waals surface area contributed by atoms with Crippen LogP contribution in [-0.4, -0.2) is 21.0 Å². The van der Waals surface area contributed by atoms with E-state index in [1.165, 1.54) is 0 Å². The van der Waals surface area contributed by atoms with Gasteiger partial charge in [0, 0.05) is 4.90 Å². The molecular weight excluding hydrogens is 176 g/mol. The van der Waals surface area contributed by atoms with Gasteiger partial charge in [-0.2, -0.15) is 0 Å². The number of carbonyl (C=O) groups is 1. The van der Waals surface area contributed by atoms with Gasteiger partial charge in [-0.15, -0.1) is 0 Å². The summed E-state index contributed by atoms with van der Waals surface area (Å²) in [5.74, 6) is -1.37. The first-order valence-corrected chi connectivity index (χ1v) is 4.67. The normalized spacial score (nSPS) is 12.3. The summed E-state index contributed by atoms with van der Waals surface area (Å²) in [7, 11) is -1.41. The molecule has 0 bridgehead atoms. The Balaban J connectivity index is 2.73. The molecule has 0 aliphatic carbocycles. The molecular formula is C8H8O3S. The summed E-state index contributed by atoms with van der Waals surface area (Å²) in [5.41, 5.74) is 0. The summed E-state index contributed by atoms with van der Waals surface area (Å²) in [4.78, 5) is 10.7. The van der Waals surface area contributed by atoms with Crippen molar-refractivity contribution in [3.05, 3.63) is 30.3 Å². The Morgan fingerprint density at radius 2 is 1.92 bits per heavy atom. The lowest BCUT2D eigenvalue weighted by Crippen LogP contribution is -2.08. The van der Waals surface area contributed by atoms with E-state index in [1.54, 1.807) is 30.3 Å². The first-order chi connectivity index (χ1) is 5.70. The second-order valence-corrected chi connectivity index (χ2v) is 3.65. The van der Waals surface area contributed by atoms with Crippen molar-refractivity contribution in [2.24, 2.45) is 0 Å². The monoisotopic (exact) mass is 184 g/mol. The van der Waals surface area contributed by atoms with E-state index in [-0.39, 0.29) is 5.75 Å². The van der Waals surface area contributed by atoms with Crippen LogP contribution in [-0.2, 0) is 15.6 Å². The molecule has 0 unspecified atom stereocenters. The molecule has 0 spiro atoms. The van der Waals surface area contributed by atoms with Gasteiger partial charge in [0.1, 0.15) is 5.75 Å². The van der Waals surface area contributed by atoms with Gasteiger partial charge in [0.2, 0.25) is 0 Å². The van der Waals surface area contributed by atoms with Crippen molar-refractivity contribution in [3.8, 4) is 0 Å². The minimum atomic E-state index is -1.41. The number of hydrogen-bond donors (Lipinski definition) is 1. The van der Waals surface area contributed by atoms with E-state index < -0.39 is 16.8 Å². The maximum atomic E-state index is 11.2. The van der Waals surface area contributed by atoms with Crippen LogP contribution in [0.2, 0.25) is 0 Å². The molecule has 1 rings (SSSR count). The van der Waals surface area contributed by atoms with E-state index in [0.29, 0.717) is 4.90 Å². The molecule has 0 heterocycles. The van der Waals surface area contributed by atoms with Gasteiger partial charge in [0.25, 0.3) is 0 Å². The summed E-state index contributed by atoms with van der Waals surface area (Å²) in [6.07, 6.45) is 0. The molecule has 0 saturated carbocycles. The molecule has 1 aromatic rings. The Morgan fingerprint density at radius 1 is 1.33 bits per heavy atom. The Hall–Kier alpha value is -1.16. The summed E-state index contributed by atoms with van der Waals surface area (Å²) >= 11 is 0. The molecule has 4 heteroatoms. The SMILES string of the molecule is O=C(O)C[S@](=O)c1ccccc1. The van der Waals surface area contributed by atoms with Crippen molar-refractivity contribution in [2.45, 2.75) is 4.90 Å². The summed E-state index contributed by atoms with van der Waals surface area (Å²) in [5, 5.41) is 8.35. The van der Waals surface area contributed by atoms with Crippen LogP contribution < -0.4 is 0 Å². The van der Waals surface area contributed by atoms with Gasteiger partial charge in [-0.25, -0.2) is 0 Å². The van der Waals surface area contributed by atoms with Crippen molar-refractivity contribution in [1.82, 2.24) is 0 Å². The van der Waals surface area contributed by atoms with Crippen LogP contribution in [0.3, 0.4) is 0 Å². The van der Waals surface area contributed by atoms with Crippen molar-refractivity contribution in [1.29, 1.82) is 0 Å². The Kier molecular flexibility index (Phi) is 2.99. The first kappa shape index (κ1) is 8.93. The average molecular weight is 184 g/mol. The topological polar surface area (TPSA) is 54.4 Å². The lowest BCUT2D eigenvalue weighted by molar-refractivity contribution is -0.133. The predicted octanol–water partition coefficient (Wildman–Crippen LogP) is 0.879. The van der Waals surface area contributed by atoms with E-state index in [2.05, 4.69) is 0 Å². The van der Waals surface area contributed by atoms with Gasteiger partial charge in [-0.1, -0.05) is 18.2 Å². The zero-order valence-electron chi connectivity index (χ0n) is 6.27. The van der Waals surface area contributed by atoms with Gasteiger partial charge in [0.15, 0.2) is 0 Å². The Morgan fingerprint density at radius 3 is 2.42 bits per heavy atom. The molecule has 3 nitrogen and oxygen atoms in total. The predicted molar refractivity (Wildman–Crippen MR) is 45.4 cm³/mol. The lowest BCUT2D eigenvalue weighted by Gasteiger charge is -1.96. The van der Waals surface area contributed by atoms with Gasteiger partial charge in [-0.3, -0.25) is 9.00 Å². The molecule has 0 saturated heterocycles. The number of aliphatic carboxylic acids is 1. The largest absolute Gasteiger partial charge is 0.481 e. The number of rotatable bonds is 3. The molecule has 64 valence electrons.